The minimum absolute atomic E-state index is 0.0116. The Bertz CT molecular complexity index is 824. The number of hydrogen-bond donors (Lipinski definition) is 0. The number of rotatable bonds is 11. The smallest absolute Gasteiger partial charge is 0.247 e. The summed E-state index contributed by atoms with van der Waals surface area (Å²) in [7, 11) is 1.98. The summed E-state index contributed by atoms with van der Waals surface area (Å²) in [6.45, 7) is 8.21. The molecule has 0 spiro atoms. The van der Waals surface area contributed by atoms with E-state index in [4.69, 9.17) is 0 Å². The van der Waals surface area contributed by atoms with Crippen molar-refractivity contribution in [1.29, 1.82) is 0 Å². The van der Waals surface area contributed by atoms with Gasteiger partial charge in [-0.3, -0.25) is 9.59 Å². The van der Waals surface area contributed by atoms with Crippen molar-refractivity contribution in [2.45, 2.75) is 40.2 Å². The maximum Gasteiger partial charge on any atom is 0.247 e. The van der Waals surface area contributed by atoms with Gasteiger partial charge >= 0.3 is 0 Å². The van der Waals surface area contributed by atoms with Gasteiger partial charge in [0.2, 0.25) is 11.8 Å². The van der Waals surface area contributed by atoms with Crippen LogP contribution in [0.1, 0.15) is 44.9 Å². The third kappa shape index (κ3) is 7.54. The minimum Gasteiger partial charge on any atom is -0.353 e. The second-order valence-electron chi connectivity index (χ2n) is 8.14. The van der Waals surface area contributed by atoms with E-state index in [9.17, 15) is 9.59 Å². The van der Waals surface area contributed by atoms with E-state index in [1.807, 2.05) is 71.3 Å². The standard InChI is InChI=1S/C25H35N3O2/c1-5-6-17-27(24(29)15-14-22-11-8-7-9-12-22)20-25(30)28(18-21(2)3)19-23-13-10-16-26(23)4/h7-16,21H,5-6,17-20H2,1-4H3. The monoisotopic (exact) mass is 409 g/mol. The lowest BCUT2D eigenvalue weighted by atomic mass is 10.2. The van der Waals surface area contributed by atoms with Gasteiger partial charge in [0.05, 0.1) is 6.54 Å². The second kappa shape index (κ2) is 12.0. The van der Waals surface area contributed by atoms with Crippen LogP contribution in [0.4, 0.5) is 0 Å². The molecule has 0 atom stereocenters. The maximum absolute atomic E-state index is 13.2. The number of aromatic nitrogens is 1. The lowest BCUT2D eigenvalue weighted by molar-refractivity contribution is -0.139. The van der Waals surface area contributed by atoms with E-state index in [2.05, 4.69) is 20.8 Å². The number of aryl methyl sites for hydroxylation is 1. The Balaban J connectivity index is 2.10. The third-order valence-electron chi connectivity index (χ3n) is 4.98. The van der Waals surface area contributed by atoms with Gasteiger partial charge in [-0.1, -0.05) is 57.5 Å². The number of carbonyl (C=O) groups is 2. The molecular formula is C25H35N3O2. The van der Waals surface area contributed by atoms with Crippen molar-refractivity contribution in [3.63, 3.8) is 0 Å². The Kier molecular flexibility index (Phi) is 9.39. The van der Waals surface area contributed by atoms with Crippen LogP contribution in [0.25, 0.3) is 6.08 Å². The van der Waals surface area contributed by atoms with E-state index in [0.29, 0.717) is 25.6 Å². The summed E-state index contributed by atoms with van der Waals surface area (Å²) in [6, 6.07) is 13.8. The van der Waals surface area contributed by atoms with Gasteiger partial charge in [0.15, 0.2) is 0 Å². The summed E-state index contributed by atoms with van der Waals surface area (Å²) in [5.41, 5.74) is 2.05. The van der Waals surface area contributed by atoms with Crippen molar-refractivity contribution in [2.24, 2.45) is 13.0 Å². The average Bonchev–Trinajstić information content (AvgIpc) is 3.13. The summed E-state index contributed by atoms with van der Waals surface area (Å²) in [4.78, 5) is 29.5. The highest BCUT2D eigenvalue weighted by Gasteiger charge is 2.21. The third-order valence-corrected chi connectivity index (χ3v) is 4.98. The first kappa shape index (κ1) is 23.5. The number of carbonyl (C=O) groups excluding carboxylic acids is 2. The summed E-state index contributed by atoms with van der Waals surface area (Å²) in [5, 5.41) is 0. The van der Waals surface area contributed by atoms with Gasteiger partial charge in [-0.2, -0.15) is 0 Å². The molecule has 2 rings (SSSR count). The fourth-order valence-electron chi connectivity index (χ4n) is 3.27. The van der Waals surface area contributed by atoms with Crippen LogP contribution >= 0.6 is 0 Å². The highest BCUT2D eigenvalue weighted by molar-refractivity contribution is 5.94. The first-order valence-corrected chi connectivity index (χ1v) is 10.8. The van der Waals surface area contributed by atoms with Crippen LogP contribution in [0, 0.1) is 5.92 Å². The van der Waals surface area contributed by atoms with Gasteiger partial charge in [-0.05, 0) is 36.1 Å². The Morgan fingerprint density at radius 3 is 2.40 bits per heavy atom. The van der Waals surface area contributed by atoms with Crippen molar-refractivity contribution in [3.8, 4) is 0 Å². The molecule has 0 aliphatic heterocycles. The van der Waals surface area contributed by atoms with E-state index in [1.54, 1.807) is 11.0 Å². The highest BCUT2D eigenvalue weighted by atomic mass is 16.2. The van der Waals surface area contributed by atoms with Crippen LogP contribution in [0.15, 0.2) is 54.7 Å². The van der Waals surface area contributed by atoms with Crippen LogP contribution in [-0.4, -0.2) is 45.8 Å². The molecule has 0 unspecified atom stereocenters. The molecule has 5 heteroatoms. The fraction of sp³-hybridized carbons (Fsp3) is 0.440. The Morgan fingerprint density at radius 1 is 1.07 bits per heavy atom. The van der Waals surface area contributed by atoms with Gasteiger partial charge in [0.25, 0.3) is 0 Å². The molecule has 1 aromatic carbocycles. The van der Waals surface area contributed by atoms with Crippen molar-refractivity contribution < 1.29 is 9.59 Å². The van der Waals surface area contributed by atoms with Crippen molar-refractivity contribution in [2.75, 3.05) is 19.6 Å². The quantitative estimate of drug-likeness (QED) is 0.518. The number of amides is 2. The zero-order chi connectivity index (χ0) is 21.9. The van der Waals surface area contributed by atoms with Crippen LogP contribution < -0.4 is 0 Å². The number of nitrogens with zero attached hydrogens (tertiary/aromatic N) is 3. The normalized spacial score (nSPS) is 11.2. The molecule has 0 bridgehead atoms. The largest absolute Gasteiger partial charge is 0.353 e. The lowest BCUT2D eigenvalue weighted by Gasteiger charge is -2.28. The molecule has 0 saturated heterocycles. The van der Waals surface area contributed by atoms with Gasteiger partial charge in [-0.25, -0.2) is 0 Å². The summed E-state index contributed by atoms with van der Waals surface area (Å²) >= 11 is 0. The molecule has 30 heavy (non-hydrogen) atoms. The van der Waals surface area contributed by atoms with E-state index in [1.165, 1.54) is 0 Å². The van der Waals surface area contributed by atoms with Crippen LogP contribution in [0.3, 0.4) is 0 Å². The van der Waals surface area contributed by atoms with Crippen LogP contribution in [0.2, 0.25) is 0 Å². The molecule has 1 heterocycles. The predicted molar refractivity (Wildman–Crippen MR) is 123 cm³/mol. The zero-order valence-corrected chi connectivity index (χ0v) is 18.8. The van der Waals surface area contributed by atoms with E-state index >= 15 is 0 Å². The molecule has 0 aliphatic carbocycles. The molecule has 0 fully saturated rings. The first-order chi connectivity index (χ1) is 14.4. The number of unbranched alkanes of at least 4 members (excludes halogenated alkanes) is 1. The first-order valence-electron chi connectivity index (χ1n) is 10.8. The molecule has 0 saturated carbocycles. The zero-order valence-electron chi connectivity index (χ0n) is 18.8. The Hall–Kier alpha value is -2.82. The predicted octanol–water partition coefficient (Wildman–Crippen LogP) is 4.35. The molecule has 1 aromatic heterocycles. The van der Waals surface area contributed by atoms with Crippen molar-refractivity contribution in [3.05, 3.63) is 66.0 Å². The maximum atomic E-state index is 13.2. The van der Waals surface area contributed by atoms with Gasteiger partial charge < -0.3 is 14.4 Å². The Morgan fingerprint density at radius 2 is 1.80 bits per heavy atom. The summed E-state index contributed by atoms with van der Waals surface area (Å²) in [6.07, 6.45) is 7.21. The molecule has 2 aromatic rings. The molecular weight excluding hydrogens is 374 g/mol. The summed E-state index contributed by atoms with van der Waals surface area (Å²) in [5.74, 6) is 0.221. The molecule has 0 N–H and O–H groups in total. The van der Waals surface area contributed by atoms with E-state index in [0.717, 1.165) is 24.1 Å². The highest BCUT2D eigenvalue weighted by Crippen LogP contribution is 2.10. The van der Waals surface area contributed by atoms with Crippen LogP contribution in [-0.2, 0) is 23.2 Å². The minimum atomic E-state index is -0.121. The van der Waals surface area contributed by atoms with Gasteiger partial charge in [0.1, 0.15) is 6.54 Å². The molecule has 162 valence electrons. The SMILES string of the molecule is CCCCN(CC(=O)N(Cc1cccn1C)CC(C)C)C(=O)C=Cc1ccccc1. The molecule has 0 radical (unpaired) electrons. The van der Waals surface area contributed by atoms with E-state index < -0.39 is 0 Å². The Labute approximate surface area is 181 Å². The number of hydrogen-bond acceptors (Lipinski definition) is 2. The lowest BCUT2D eigenvalue weighted by Crippen LogP contribution is -2.44. The van der Waals surface area contributed by atoms with Crippen LogP contribution in [0.5, 0.6) is 0 Å². The topological polar surface area (TPSA) is 45.6 Å². The van der Waals surface area contributed by atoms with Gasteiger partial charge in [0, 0.05) is 38.1 Å². The fourth-order valence-corrected chi connectivity index (χ4v) is 3.27. The molecule has 2 amide bonds. The van der Waals surface area contributed by atoms with Crippen molar-refractivity contribution >= 4 is 17.9 Å². The molecule has 5 nitrogen and oxygen atoms in total. The molecule has 0 aliphatic rings. The van der Waals surface area contributed by atoms with Crippen molar-refractivity contribution in [1.82, 2.24) is 14.4 Å². The number of benzene rings is 1. The summed E-state index contributed by atoms with van der Waals surface area (Å²) < 4.78 is 2.03. The van der Waals surface area contributed by atoms with E-state index in [-0.39, 0.29) is 18.4 Å². The average molecular weight is 410 g/mol. The van der Waals surface area contributed by atoms with Gasteiger partial charge in [-0.15, -0.1) is 0 Å². The second-order valence-corrected chi connectivity index (χ2v) is 8.14.